The van der Waals surface area contributed by atoms with Crippen molar-refractivity contribution < 1.29 is 14.0 Å². The highest BCUT2D eigenvalue weighted by molar-refractivity contribution is 6.30. The van der Waals surface area contributed by atoms with Crippen molar-refractivity contribution in [2.45, 2.75) is 25.3 Å². The summed E-state index contributed by atoms with van der Waals surface area (Å²) in [5.41, 5.74) is 1.63. The zero-order valence-corrected chi connectivity index (χ0v) is 19.6. The number of halogens is 2. The number of likely N-dealkylation sites (N-methyl/N-ethyl adjacent to an activating group) is 1. The van der Waals surface area contributed by atoms with Crippen LogP contribution in [0.3, 0.4) is 0 Å². The van der Waals surface area contributed by atoms with E-state index in [-0.39, 0.29) is 12.4 Å². The molecule has 34 heavy (non-hydrogen) atoms. The topological polar surface area (TPSA) is 71.5 Å². The molecule has 3 amide bonds. The van der Waals surface area contributed by atoms with Gasteiger partial charge in [0.25, 0.3) is 5.91 Å². The lowest BCUT2D eigenvalue weighted by Crippen LogP contribution is -2.64. The van der Waals surface area contributed by atoms with Crippen LogP contribution < -0.4 is 5.32 Å². The molecule has 0 aliphatic carbocycles. The van der Waals surface area contributed by atoms with Crippen LogP contribution in [0.15, 0.2) is 53.5 Å². The minimum atomic E-state index is -0.707. The highest BCUT2D eigenvalue weighted by Crippen LogP contribution is 2.28. The Kier molecular flexibility index (Phi) is 6.14. The minimum absolute atomic E-state index is 0.185. The number of rotatable bonds is 4. The summed E-state index contributed by atoms with van der Waals surface area (Å²) in [6.07, 6.45) is -0.646. The van der Waals surface area contributed by atoms with Gasteiger partial charge in [-0.05, 0) is 23.8 Å². The number of nitrogens with zero attached hydrogens (tertiary/aromatic N) is 5. The molecule has 8 nitrogen and oxygen atoms in total. The molecule has 0 radical (unpaired) electrons. The molecular weight excluding hydrogens is 459 g/mol. The van der Waals surface area contributed by atoms with Gasteiger partial charge in [0, 0.05) is 56.9 Å². The van der Waals surface area contributed by atoms with Gasteiger partial charge in [-0.15, -0.1) is 0 Å². The number of nitrogens with one attached hydrogen (secondary N) is 1. The van der Waals surface area contributed by atoms with Crippen LogP contribution in [0.25, 0.3) is 0 Å². The molecule has 2 saturated heterocycles. The Morgan fingerprint density at radius 2 is 1.82 bits per heavy atom. The molecular formula is C24H26ClFN6O2. The number of aliphatic imine (C=N–C) groups is 1. The molecule has 2 aromatic carbocycles. The van der Waals surface area contributed by atoms with Crippen molar-refractivity contribution in [2.24, 2.45) is 4.99 Å². The van der Waals surface area contributed by atoms with Crippen LogP contribution in [0, 0.1) is 5.82 Å². The van der Waals surface area contributed by atoms with Gasteiger partial charge in [-0.25, -0.2) is 14.2 Å². The Bertz CT molecular complexity index is 1140. The smallest absolute Gasteiger partial charge is 0.325 e. The van der Waals surface area contributed by atoms with Gasteiger partial charge in [0.05, 0.1) is 0 Å². The predicted octanol–water partition coefficient (Wildman–Crippen LogP) is 2.34. The van der Waals surface area contributed by atoms with E-state index in [4.69, 9.17) is 16.6 Å². The van der Waals surface area contributed by atoms with E-state index in [1.807, 2.05) is 23.1 Å². The molecule has 5 rings (SSSR count). The predicted molar refractivity (Wildman–Crippen MR) is 127 cm³/mol. The third kappa shape index (κ3) is 4.33. The number of carbonyl (C=O) groups is 2. The molecule has 0 spiro atoms. The Hall–Kier alpha value is -3.17. The van der Waals surface area contributed by atoms with Gasteiger partial charge in [0.2, 0.25) is 0 Å². The molecule has 0 saturated carbocycles. The third-order valence-electron chi connectivity index (χ3n) is 6.59. The molecule has 2 fully saturated rings. The number of guanidine groups is 1. The number of fused-ring (bicyclic) bond motifs is 1. The molecule has 1 N–H and O–H groups in total. The molecule has 3 heterocycles. The second-order valence-corrected chi connectivity index (χ2v) is 9.24. The lowest BCUT2D eigenvalue weighted by molar-refractivity contribution is -0.127. The Morgan fingerprint density at radius 3 is 2.56 bits per heavy atom. The van der Waals surface area contributed by atoms with E-state index in [0.29, 0.717) is 24.6 Å². The van der Waals surface area contributed by atoms with Gasteiger partial charge in [0.1, 0.15) is 5.82 Å². The number of carbonyl (C=O) groups excluding carboxylic acids is 2. The average Bonchev–Trinajstić information content (AvgIpc) is 3.19. The second-order valence-electron chi connectivity index (χ2n) is 8.81. The number of amides is 3. The fourth-order valence-corrected chi connectivity index (χ4v) is 4.97. The van der Waals surface area contributed by atoms with Gasteiger partial charge in [-0.3, -0.25) is 15.0 Å². The fraction of sp³-hybridized carbons (Fsp3) is 0.375. The monoisotopic (exact) mass is 484 g/mol. The van der Waals surface area contributed by atoms with Crippen molar-refractivity contribution in [3.8, 4) is 0 Å². The maximum absolute atomic E-state index is 14.5. The van der Waals surface area contributed by atoms with E-state index in [9.17, 15) is 14.0 Å². The van der Waals surface area contributed by atoms with E-state index in [0.717, 1.165) is 30.2 Å². The summed E-state index contributed by atoms with van der Waals surface area (Å²) in [7, 11) is 1.62. The standard InChI is InChI=1S/C24H26ClFN6O2/c1-29-21-20(22(33)28-24(29)34)32(15-17-6-2-3-8-19(17)26)23(27-21)31-11-9-30(10-12-31)14-16-5-4-7-18(25)13-16/h2-8,13,20-21H,9-12,14-15H2,1H3,(H,28,33,34). The highest BCUT2D eigenvalue weighted by Gasteiger charge is 2.50. The first-order chi connectivity index (χ1) is 16.4. The largest absolute Gasteiger partial charge is 0.340 e. The zero-order valence-electron chi connectivity index (χ0n) is 18.8. The van der Waals surface area contributed by atoms with Crippen molar-refractivity contribution in [3.05, 3.63) is 70.5 Å². The van der Waals surface area contributed by atoms with Crippen molar-refractivity contribution in [2.75, 3.05) is 33.2 Å². The highest BCUT2D eigenvalue weighted by atomic mass is 35.5. The molecule has 178 valence electrons. The fourth-order valence-electron chi connectivity index (χ4n) is 4.75. The number of urea groups is 1. The van der Waals surface area contributed by atoms with Crippen LogP contribution in [-0.2, 0) is 17.9 Å². The molecule has 2 atom stereocenters. The molecule has 10 heteroatoms. The van der Waals surface area contributed by atoms with E-state index in [2.05, 4.69) is 21.2 Å². The SMILES string of the molecule is CN1C(=O)NC(=O)C2C1N=C(N1CCN(Cc3cccc(Cl)c3)CC1)N2Cc1ccccc1F. The van der Waals surface area contributed by atoms with Gasteiger partial charge in [-0.2, -0.15) is 0 Å². The van der Waals surface area contributed by atoms with E-state index in [1.54, 1.807) is 25.2 Å². The second kappa shape index (κ2) is 9.23. The quantitative estimate of drug-likeness (QED) is 0.721. The van der Waals surface area contributed by atoms with Crippen LogP contribution >= 0.6 is 11.6 Å². The van der Waals surface area contributed by atoms with Crippen molar-refractivity contribution in [3.63, 3.8) is 0 Å². The summed E-state index contributed by atoms with van der Waals surface area (Å²) in [6.45, 7) is 3.98. The first kappa shape index (κ1) is 22.6. The summed E-state index contributed by atoms with van der Waals surface area (Å²) < 4.78 is 14.5. The summed E-state index contributed by atoms with van der Waals surface area (Å²) in [4.78, 5) is 37.6. The van der Waals surface area contributed by atoms with Crippen LogP contribution in [0.5, 0.6) is 0 Å². The third-order valence-corrected chi connectivity index (χ3v) is 6.82. The maximum atomic E-state index is 14.5. The Balaban J connectivity index is 1.35. The van der Waals surface area contributed by atoms with Crippen LogP contribution in [0.1, 0.15) is 11.1 Å². The first-order valence-electron chi connectivity index (χ1n) is 11.3. The number of hydrogen-bond acceptors (Lipinski definition) is 6. The number of piperazine rings is 1. The Morgan fingerprint density at radius 1 is 1.06 bits per heavy atom. The van der Waals surface area contributed by atoms with Crippen LogP contribution in [-0.4, -0.2) is 82.9 Å². The normalized spacial score (nSPS) is 23.1. The molecule has 3 aliphatic heterocycles. The van der Waals surface area contributed by atoms with Gasteiger partial charge in [0.15, 0.2) is 18.2 Å². The van der Waals surface area contributed by atoms with Gasteiger partial charge >= 0.3 is 6.03 Å². The van der Waals surface area contributed by atoms with Crippen molar-refractivity contribution in [1.82, 2.24) is 24.9 Å². The molecule has 2 aromatic rings. The summed E-state index contributed by atoms with van der Waals surface area (Å²) in [6, 6.07) is 13.2. The molecule has 2 unspecified atom stereocenters. The zero-order chi connectivity index (χ0) is 23.8. The van der Waals surface area contributed by atoms with Crippen LogP contribution in [0.4, 0.5) is 9.18 Å². The summed E-state index contributed by atoms with van der Waals surface area (Å²) in [5, 5.41) is 3.12. The van der Waals surface area contributed by atoms with Crippen molar-refractivity contribution in [1.29, 1.82) is 0 Å². The van der Waals surface area contributed by atoms with E-state index >= 15 is 0 Å². The maximum Gasteiger partial charge on any atom is 0.325 e. The van der Waals surface area contributed by atoms with Gasteiger partial charge in [-0.1, -0.05) is 41.9 Å². The number of imide groups is 1. The average molecular weight is 485 g/mol. The first-order valence-corrected chi connectivity index (χ1v) is 11.7. The molecule has 0 bridgehead atoms. The van der Waals surface area contributed by atoms with Gasteiger partial charge < -0.3 is 14.7 Å². The van der Waals surface area contributed by atoms with E-state index < -0.39 is 24.1 Å². The van der Waals surface area contributed by atoms with Crippen LogP contribution in [0.2, 0.25) is 5.02 Å². The lowest BCUT2D eigenvalue weighted by atomic mass is 10.1. The summed E-state index contributed by atoms with van der Waals surface area (Å²) in [5.74, 6) is -0.127. The lowest BCUT2D eigenvalue weighted by Gasteiger charge is -2.40. The van der Waals surface area contributed by atoms with E-state index in [1.165, 1.54) is 11.0 Å². The van der Waals surface area contributed by atoms with Crippen molar-refractivity contribution >= 4 is 29.5 Å². The molecule has 3 aliphatic rings. The number of benzene rings is 2. The number of hydrogen-bond donors (Lipinski definition) is 1. The Labute approximate surface area is 202 Å². The summed E-state index contributed by atoms with van der Waals surface area (Å²) >= 11 is 6.12. The minimum Gasteiger partial charge on any atom is -0.340 e. The molecule has 0 aromatic heterocycles.